The monoisotopic (exact) mass is 313 g/mol. The Balaban J connectivity index is 2.01. The molecule has 2 aliphatic carbocycles. The van der Waals surface area contributed by atoms with Gasteiger partial charge in [0.2, 0.25) is 0 Å². The Hall–Kier alpha value is -1.11. The summed E-state index contributed by atoms with van der Waals surface area (Å²) in [6, 6.07) is 0. The van der Waals surface area contributed by atoms with E-state index in [1.807, 2.05) is 19.3 Å². The molecule has 0 aromatic carbocycles. The lowest BCUT2D eigenvalue weighted by Gasteiger charge is -2.27. The molecule has 23 heavy (non-hydrogen) atoms. The van der Waals surface area contributed by atoms with Crippen molar-refractivity contribution in [2.24, 2.45) is 22.7 Å². The van der Waals surface area contributed by atoms with Gasteiger partial charge in [-0.3, -0.25) is 4.99 Å². The molecule has 128 valence electrons. The van der Waals surface area contributed by atoms with Crippen LogP contribution >= 0.6 is 0 Å². The van der Waals surface area contributed by atoms with Crippen LogP contribution in [0, 0.1) is 17.8 Å². The highest BCUT2D eigenvalue weighted by atomic mass is 14.7. The maximum absolute atomic E-state index is 4.33. The fourth-order valence-electron chi connectivity index (χ4n) is 4.07. The lowest BCUT2D eigenvalue weighted by atomic mass is 9.78. The highest BCUT2D eigenvalue weighted by Crippen LogP contribution is 2.36. The molecular formula is C22H35N. The van der Waals surface area contributed by atoms with Gasteiger partial charge in [0.1, 0.15) is 0 Å². The molecule has 0 saturated heterocycles. The van der Waals surface area contributed by atoms with Crippen molar-refractivity contribution in [1.29, 1.82) is 0 Å². The van der Waals surface area contributed by atoms with Crippen LogP contribution in [0.4, 0.5) is 0 Å². The molecule has 0 aromatic heterocycles. The molecule has 0 aromatic rings. The van der Waals surface area contributed by atoms with E-state index in [-0.39, 0.29) is 0 Å². The van der Waals surface area contributed by atoms with Crippen LogP contribution in [-0.2, 0) is 0 Å². The lowest BCUT2D eigenvalue weighted by molar-refractivity contribution is 0.320. The average molecular weight is 314 g/mol. The first-order valence-corrected chi connectivity index (χ1v) is 9.69. The first-order chi connectivity index (χ1) is 11.1. The Morgan fingerprint density at radius 3 is 2.74 bits per heavy atom. The van der Waals surface area contributed by atoms with Crippen LogP contribution in [0.1, 0.15) is 79.1 Å². The predicted octanol–water partition coefficient (Wildman–Crippen LogP) is 6.87. The first kappa shape index (κ1) is 18.2. The van der Waals surface area contributed by atoms with Crippen molar-refractivity contribution in [3.8, 4) is 0 Å². The van der Waals surface area contributed by atoms with Gasteiger partial charge in [-0.05, 0) is 67.6 Å². The van der Waals surface area contributed by atoms with Crippen molar-refractivity contribution in [2.45, 2.75) is 79.1 Å². The van der Waals surface area contributed by atoms with Crippen molar-refractivity contribution in [3.63, 3.8) is 0 Å². The summed E-state index contributed by atoms with van der Waals surface area (Å²) in [6.07, 6.45) is 20.1. The summed E-state index contributed by atoms with van der Waals surface area (Å²) in [6.45, 7) is 8.93. The van der Waals surface area contributed by atoms with Gasteiger partial charge in [-0.1, -0.05) is 58.1 Å². The molecule has 2 unspecified atom stereocenters. The average Bonchev–Trinajstić information content (AvgIpc) is 2.58. The Bertz CT molecular complexity index is 486. The van der Waals surface area contributed by atoms with Crippen LogP contribution in [0.5, 0.6) is 0 Å². The van der Waals surface area contributed by atoms with Crippen LogP contribution in [0.25, 0.3) is 0 Å². The van der Waals surface area contributed by atoms with E-state index in [9.17, 15) is 0 Å². The molecule has 0 heterocycles. The third kappa shape index (κ3) is 5.48. The summed E-state index contributed by atoms with van der Waals surface area (Å²) in [4.78, 5) is 4.33. The molecule has 1 nitrogen and oxygen atoms in total. The molecule has 1 fully saturated rings. The molecule has 2 aliphatic rings. The number of allylic oxidation sites excluding steroid dienone is 5. The van der Waals surface area contributed by atoms with Gasteiger partial charge in [0, 0.05) is 12.4 Å². The highest BCUT2D eigenvalue weighted by Gasteiger charge is 2.21. The van der Waals surface area contributed by atoms with Gasteiger partial charge in [-0.25, -0.2) is 0 Å². The van der Waals surface area contributed by atoms with Gasteiger partial charge in [0.25, 0.3) is 0 Å². The minimum atomic E-state index is 0.647. The molecule has 2 atom stereocenters. The third-order valence-corrected chi connectivity index (χ3v) is 5.58. The molecule has 0 radical (unpaired) electrons. The summed E-state index contributed by atoms with van der Waals surface area (Å²) in [5.41, 5.74) is 4.33. The van der Waals surface area contributed by atoms with Crippen LogP contribution < -0.4 is 0 Å². The topological polar surface area (TPSA) is 12.4 Å². The summed E-state index contributed by atoms with van der Waals surface area (Å²) in [5, 5.41) is 0. The van der Waals surface area contributed by atoms with Crippen LogP contribution in [0.3, 0.4) is 0 Å². The van der Waals surface area contributed by atoms with Crippen molar-refractivity contribution < 1.29 is 0 Å². The zero-order valence-corrected chi connectivity index (χ0v) is 15.6. The van der Waals surface area contributed by atoms with Crippen molar-refractivity contribution in [1.82, 2.24) is 0 Å². The second-order valence-corrected chi connectivity index (χ2v) is 7.65. The van der Waals surface area contributed by atoms with Gasteiger partial charge in [0.15, 0.2) is 0 Å². The second-order valence-electron chi connectivity index (χ2n) is 7.65. The Labute approximate surface area is 143 Å². The highest BCUT2D eigenvalue weighted by molar-refractivity contribution is 5.56. The summed E-state index contributed by atoms with van der Waals surface area (Å²) >= 11 is 0. The van der Waals surface area contributed by atoms with E-state index < -0.39 is 0 Å². The zero-order valence-electron chi connectivity index (χ0n) is 15.6. The lowest BCUT2D eigenvalue weighted by Crippen LogP contribution is -2.12. The normalized spacial score (nSPS) is 25.4. The van der Waals surface area contributed by atoms with Crippen LogP contribution in [0.2, 0.25) is 0 Å². The van der Waals surface area contributed by atoms with Crippen LogP contribution in [0.15, 0.2) is 40.1 Å². The van der Waals surface area contributed by atoms with Gasteiger partial charge < -0.3 is 0 Å². The van der Waals surface area contributed by atoms with Crippen molar-refractivity contribution >= 4 is 6.21 Å². The van der Waals surface area contributed by atoms with Gasteiger partial charge >= 0.3 is 0 Å². The fraction of sp³-hybridized carbons (Fsp3) is 0.682. The molecule has 0 amide bonds. The number of hydrogen-bond donors (Lipinski definition) is 0. The molecular weight excluding hydrogens is 278 g/mol. The van der Waals surface area contributed by atoms with E-state index in [1.54, 1.807) is 5.57 Å². The Kier molecular flexibility index (Phi) is 7.33. The van der Waals surface area contributed by atoms with Crippen molar-refractivity contribution in [2.75, 3.05) is 0 Å². The van der Waals surface area contributed by atoms with E-state index in [0.29, 0.717) is 11.8 Å². The molecule has 1 heteroatoms. The molecule has 2 rings (SSSR count). The minimum absolute atomic E-state index is 0.647. The van der Waals surface area contributed by atoms with E-state index in [1.165, 1.54) is 62.5 Å². The number of nitrogens with zero attached hydrogens (tertiary/aromatic N) is 1. The van der Waals surface area contributed by atoms with E-state index in [4.69, 9.17) is 0 Å². The molecule has 1 saturated carbocycles. The number of hydrogen-bond acceptors (Lipinski definition) is 1. The second kappa shape index (κ2) is 9.25. The smallest absolute Gasteiger partial charge is 0.0298 e. The van der Waals surface area contributed by atoms with Gasteiger partial charge in [-0.15, -0.1) is 0 Å². The van der Waals surface area contributed by atoms with Crippen molar-refractivity contribution in [3.05, 3.63) is 35.1 Å². The predicted molar refractivity (Wildman–Crippen MR) is 103 cm³/mol. The quantitative estimate of drug-likeness (QED) is 0.474. The number of aliphatic imine (C=N–C) groups is 1. The molecule has 0 bridgehead atoms. The largest absolute Gasteiger partial charge is 0.269 e. The van der Waals surface area contributed by atoms with E-state index >= 15 is 0 Å². The summed E-state index contributed by atoms with van der Waals surface area (Å²) in [7, 11) is 0. The van der Waals surface area contributed by atoms with Gasteiger partial charge in [0.05, 0.1) is 0 Å². The maximum atomic E-state index is 4.33. The maximum Gasteiger partial charge on any atom is 0.0298 e. The number of rotatable bonds is 6. The molecule has 0 spiro atoms. The Morgan fingerprint density at radius 2 is 2.04 bits per heavy atom. The minimum Gasteiger partial charge on any atom is -0.269 e. The van der Waals surface area contributed by atoms with Crippen LogP contribution in [-0.4, -0.2) is 6.21 Å². The van der Waals surface area contributed by atoms with Gasteiger partial charge in [-0.2, -0.15) is 0 Å². The molecule has 0 N–H and O–H groups in total. The zero-order chi connectivity index (χ0) is 16.7. The summed E-state index contributed by atoms with van der Waals surface area (Å²) < 4.78 is 0. The fourth-order valence-corrected chi connectivity index (χ4v) is 4.07. The van der Waals surface area contributed by atoms with E-state index in [2.05, 4.69) is 37.9 Å². The van der Waals surface area contributed by atoms with E-state index in [0.717, 1.165) is 5.92 Å². The molecule has 0 aliphatic heterocycles. The summed E-state index contributed by atoms with van der Waals surface area (Å²) in [5.74, 6) is 2.31. The first-order valence-electron chi connectivity index (χ1n) is 9.69. The third-order valence-electron chi connectivity index (χ3n) is 5.58. The standard InChI is InChI=1S/C22H35N/c1-5-23-16-19(4)22-15-17(2)11-14-21(22)18(3)12-13-20-9-7-6-8-10-20/h5,14-18,20H,6-13H2,1-4H3/b19-16+,23-5?. The SMILES string of the molecule is CC=N/C=C(\C)C1=CC(C)CC=C1C(C)CCC1CCCCC1. The Morgan fingerprint density at radius 1 is 1.30 bits per heavy atom.